The molecule has 0 aromatic rings. The van der Waals surface area contributed by atoms with Crippen LogP contribution in [0.15, 0.2) is 0 Å². The van der Waals surface area contributed by atoms with Gasteiger partial charge in [-0.2, -0.15) is 0 Å². The molecule has 0 aliphatic carbocycles. The molecular formula is C8H18N2O. The highest BCUT2D eigenvalue weighted by atomic mass is 16.3. The zero-order valence-corrected chi connectivity index (χ0v) is 7.14. The van der Waals surface area contributed by atoms with Crippen LogP contribution in [-0.4, -0.2) is 37.4 Å². The van der Waals surface area contributed by atoms with Gasteiger partial charge in [-0.1, -0.05) is 6.92 Å². The summed E-state index contributed by atoms with van der Waals surface area (Å²) in [5.41, 5.74) is 0. The molecule has 1 aliphatic heterocycles. The lowest BCUT2D eigenvalue weighted by Gasteiger charge is -2.30. The van der Waals surface area contributed by atoms with Crippen LogP contribution in [0.2, 0.25) is 0 Å². The number of piperazine rings is 1. The van der Waals surface area contributed by atoms with Crippen LogP contribution in [0, 0.1) is 5.92 Å². The number of aliphatic hydroxyl groups is 1. The molecule has 0 aromatic heterocycles. The Bertz CT molecular complexity index is 98.3. The second kappa shape index (κ2) is 4.70. The van der Waals surface area contributed by atoms with Crippen molar-refractivity contribution in [1.82, 2.24) is 10.6 Å². The standard InChI is InChI=1S/C8H18N2O/c1-2-7(6-11)8-5-9-3-4-10-8/h7-11H,2-6H2,1H3. The molecular weight excluding hydrogens is 140 g/mol. The van der Waals surface area contributed by atoms with Gasteiger partial charge in [0.25, 0.3) is 0 Å². The number of aliphatic hydroxyl groups excluding tert-OH is 1. The highest BCUT2D eigenvalue weighted by Gasteiger charge is 2.20. The summed E-state index contributed by atoms with van der Waals surface area (Å²) in [6, 6.07) is 0.471. The Hall–Kier alpha value is -0.120. The third-order valence-corrected chi connectivity index (χ3v) is 2.40. The number of hydrogen-bond donors (Lipinski definition) is 3. The Morgan fingerprint density at radius 1 is 1.55 bits per heavy atom. The molecule has 66 valence electrons. The van der Waals surface area contributed by atoms with E-state index in [0.29, 0.717) is 18.6 Å². The third kappa shape index (κ3) is 2.43. The molecule has 1 saturated heterocycles. The maximum absolute atomic E-state index is 9.01. The SMILES string of the molecule is CCC(CO)C1CNCCN1. The van der Waals surface area contributed by atoms with Crippen LogP contribution in [0.25, 0.3) is 0 Å². The molecule has 3 N–H and O–H groups in total. The Labute approximate surface area is 68.2 Å². The lowest BCUT2D eigenvalue weighted by Crippen LogP contribution is -2.52. The topological polar surface area (TPSA) is 44.3 Å². The molecule has 3 nitrogen and oxygen atoms in total. The quantitative estimate of drug-likeness (QED) is 0.522. The van der Waals surface area contributed by atoms with E-state index in [0.717, 1.165) is 26.1 Å². The Morgan fingerprint density at radius 3 is 2.82 bits per heavy atom. The molecule has 2 unspecified atom stereocenters. The molecule has 1 rings (SSSR count). The summed E-state index contributed by atoms with van der Waals surface area (Å²) in [6.45, 7) is 5.51. The second-order valence-electron chi connectivity index (χ2n) is 3.12. The fraction of sp³-hybridized carbons (Fsp3) is 1.00. The summed E-state index contributed by atoms with van der Waals surface area (Å²) < 4.78 is 0. The van der Waals surface area contributed by atoms with Gasteiger partial charge in [-0.3, -0.25) is 0 Å². The summed E-state index contributed by atoms with van der Waals surface area (Å²) in [7, 11) is 0. The van der Waals surface area contributed by atoms with E-state index in [-0.39, 0.29) is 0 Å². The first kappa shape index (κ1) is 8.97. The average molecular weight is 158 g/mol. The van der Waals surface area contributed by atoms with E-state index in [9.17, 15) is 0 Å². The van der Waals surface area contributed by atoms with Crippen molar-refractivity contribution in [2.75, 3.05) is 26.2 Å². The average Bonchev–Trinajstić information content (AvgIpc) is 2.09. The predicted molar refractivity (Wildman–Crippen MR) is 45.5 cm³/mol. The molecule has 0 amide bonds. The summed E-state index contributed by atoms with van der Waals surface area (Å²) in [4.78, 5) is 0. The highest BCUT2D eigenvalue weighted by Crippen LogP contribution is 2.08. The van der Waals surface area contributed by atoms with Crippen molar-refractivity contribution in [1.29, 1.82) is 0 Å². The van der Waals surface area contributed by atoms with Gasteiger partial charge >= 0.3 is 0 Å². The van der Waals surface area contributed by atoms with Crippen LogP contribution in [0.4, 0.5) is 0 Å². The molecule has 1 fully saturated rings. The number of rotatable bonds is 3. The van der Waals surface area contributed by atoms with Gasteiger partial charge in [0.15, 0.2) is 0 Å². The van der Waals surface area contributed by atoms with E-state index in [2.05, 4.69) is 17.6 Å². The molecule has 0 aromatic carbocycles. The third-order valence-electron chi connectivity index (χ3n) is 2.40. The second-order valence-corrected chi connectivity index (χ2v) is 3.12. The molecule has 0 saturated carbocycles. The van der Waals surface area contributed by atoms with E-state index in [4.69, 9.17) is 5.11 Å². The van der Waals surface area contributed by atoms with Gasteiger partial charge < -0.3 is 15.7 Å². The van der Waals surface area contributed by atoms with Crippen molar-refractivity contribution in [3.05, 3.63) is 0 Å². The molecule has 1 heterocycles. The Kier molecular flexibility index (Phi) is 3.83. The Morgan fingerprint density at radius 2 is 2.36 bits per heavy atom. The minimum atomic E-state index is 0.301. The first-order valence-electron chi connectivity index (χ1n) is 4.43. The van der Waals surface area contributed by atoms with Gasteiger partial charge in [-0.05, 0) is 12.3 Å². The van der Waals surface area contributed by atoms with E-state index >= 15 is 0 Å². The lowest BCUT2D eigenvalue weighted by atomic mass is 9.97. The minimum absolute atomic E-state index is 0.301. The first-order valence-corrected chi connectivity index (χ1v) is 4.43. The highest BCUT2D eigenvalue weighted by molar-refractivity contribution is 4.81. The van der Waals surface area contributed by atoms with E-state index in [1.165, 1.54) is 0 Å². The predicted octanol–water partition coefficient (Wildman–Crippen LogP) is -0.434. The zero-order valence-electron chi connectivity index (χ0n) is 7.14. The summed E-state index contributed by atoms with van der Waals surface area (Å²) in [5, 5.41) is 15.7. The summed E-state index contributed by atoms with van der Waals surface area (Å²) in [6.07, 6.45) is 1.05. The van der Waals surface area contributed by atoms with Crippen LogP contribution >= 0.6 is 0 Å². The molecule has 0 radical (unpaired) electrons. The maximum Gasteiger partial charge on any atom is 0.0474 e. The van der Waals surface area contributed by atoms with Gasteiger partial charge in [0.1, 0.15) is 0 Å². The summed E-state index contributed by atoms with van der Waals surface area (Å²) in [5.74, 6) is 0.419. The molecule has 0 bridgehead atoms. The van der Waals surface area contributed by atoms with Crippen molar-refractivity contribution in [3.8, 4) is 0 Å². The number of hydrogen-bond acceptors (Lipinski definition) is 3. The van der Waals surface area contributed by atoms with Crippen molar-refractivity contribution < 1.29 is 5.11 Å². The molecule has 3 heteroatoms. The van der Waals surface area contributed by atoms with Crippen molar-refractivity contribution in [2.45, 2.75) is 19.4 Å². The smallest absolute Gasteiger partial charge is 0.0474 e. The minimum Gasteiger partial charge on any atom is -0.396 e. The molecule has 0 spiro atoms. The van der Waals surface area contributed by atoms with Crippen LogP contribution in [0.5, 0.6) is 0 Å². The largest absolute Gasteiger partial charge is 0.396 e. The molecule has 1 aliphatic rings. The fourth-order valence-electron chi connectivity index (χ4n) is 1.55. The van der Waals surface area contributed by atoms with Crippen LogP contribution in [-0.2, 0) is 0 Å². The maximum atomic E-state index is 9.01. The van der Waals surface area contributed by atoms with Gasteiger partial charge in [-0.25, -0.2) is 0 Å². The Balaban J connectivity index is 2.30. The van der Waals surface area contributed by atoms with Gasteiger partial charge in [-0.15, -0.1) is 0 Å². The molecule has 2 atom stereocenters. The van der Waals surface area contributed by atoms with Crippen molar-refractivity contribution >= 4 is 0 Å². The van der Waals surface area contributed by atoms with Gasteiger partial charge in [0.05, 0.1) is 0 Å². The normalized spacial score (nSPS) is 28.4. The lowest BCUT2D eigenvalue weighted by molar-refractivity contribution is 0.175. The van der Waals surface area contributed by atoms with Crippen LogP contribution in [0.1, 0.15) is 13.3 Å². The number of nitrogens with one attached hydrogen (secondary N) is 2. The van der Waals surface area contributed by atoms with Crippen LogP contribution in [0.3, 0.4) is 0 Å². The van der Waals surface area contributed by atoms with E-state index in [1.54, 1.807) is 0 Å². The zero-order chi connectivity index (χ0) is 8.10. The van der Waals surface area contributed by atoms with Crippen molar-refractivity contribution in [2.24, 2.45) is 5.92 Å². The van der Waals surface area contributed by atoms with Gasteiger partial charge in [0, 0.05) is 32.3 Å². The van der Waals surface area contributed by atoms with E-state index < -0.39 is 0 Å². The summed E-state index contributed by atoms with van der Waals surface area (Å²) >= 11 is 0. The molecule has 11 heavy (non-hydrogen) atoms. The van der Waals surface area contributed by atoms with E-state index in [1.807, 2.05) is 0 Å². The fourth-order valence-corrected chi connectivity index (χ4v) is 1.55. The first-order chi connectivity index (χ1) is 5.38. The van der Waals surface area contributed by atoms with Gasteiger partial charge in [0.2, 0.25) is 0 Å². The van der Waals surface area contributed by atoms with Crippen molar-refractivity contribution in [3.63, 3.8) is 0 Å². The van der Waals surface area contributed by atoms with Crippen LogP contribution < -0.4 is 10.6 Å². The monoisotopic (exact) mass is 158 g/mol.